The van der Waals surface area contributed by atoms with Crippen LogP contribution < -0.4 is 16.0 Å². The Morgan fingerprint density at radius 3 is 2.71 bits per heavy atom. The largest absolute Gasteiger partial charge is 0.341 e. The minimum atomic E-state index is -0.526. The van der Waals surface area contributed by atoms with Gasteiger partial charge in [-0.1, -0.05) is 35.2 Å². The molecule has 24 heavy (non-hydrogen) atoms. The highest BCUT2D eigenvalue weighted by molar-refractivity contribution is 8.02. The van der Waals surface area contributed by atoms with E-state index in [1.165, 1.54) is 35.7 Å². The minimum Gasteiger partial charge on any atom is -0.341 e. The molecule has 9 heteroatoms. The van der Waals surface area contributed by atoms with Gasteiger partial charge in [-0.25, -0.2) is 4.79 Å². The molecule has 0 aliphatic carbocycles. The molecule has 0 aliphatic rings. The molecule has 1 aromatic carbocycles. The van der Waals surface area contributed by atoms with Gasteiger partial charge in [0.1, 0.15) is 0 Å². The highest BCUT2D eigenvalue weighted by atomic mass is 32.2. The summed E-state index contributed by atoms with van der Waals surface area (Å²) in [5.41, 5.74) is 3.33. The number of anilines is 2. The van der Waals surface area contributed by atoms with E-state index >= 15 is 0 Å². The van der Waals surface area contributed by atoms with Crippen molar-refractivity contribution in [2.45, 2.75) is 30.4 Å². The Bertz CT molecular complexity index is 747. The first-order chi connectivity index (χ1) is 11.4. The molecule has 0 saturated carbocycles. The normalized spacial score (nSPS) is 11.7. The molecule has 7 nitrogen and oxygen atoms in total. The van der Waals surface area contributed by atoms with Crippen molar-refractivity contribution in [2.75, 3.05) is 12.4 Å². The summed E-state index contributed by atoms with van der Waals surface area (Å²) in [5, 5.41) is 16.2. The fourth-order valence-corrected chi connectivity index (χ4v) is 3.70. The maximum atomic E-state index is 11.8. The van der Waals surface area contributed by atoms with Crippen LogP contribution in [0.3, 0.4) is 0 Å². The zero-order chi connectivity index (χ0) is 17.7. The lowest BCUT2D eigenvalue weighted by Crippen LogP contribution is -2.41. The van der Waals surface area contributed by atoms with E-state index in [0.29, 0.717) is 9.47 Å². The van der Waals surface area contributed by atoms with E-state index in [0.717, 1.165) is 11.3 Å². The second kappa shape index (κ2) is 8.11. The number of nitrogens with one attached hydrogen (secondary N) is 3. The molecule has 0 radical (unpaired) electrons. The van der Waals surface area contributed by atoms with Crippen molar-refractivity contribution >= 4 is 45.9 Å². The zero-order valence-electron chi connectivity index (χ0n) is 13.8. The smallest absolute Gasteiger partial charge is 0.321 e. The molecule has 0 fully saturated rings. The second-order valence-corrected chi connectivity index (χ2v) is 7.64. The number of nitrogens with zero attached hydrogens (tertiary/aromatic N) is 2. The van der Waals surface area contributed by atoms with Crippen LogP contribution in [-0.4, -0.2) is 34.4 Å². The monoisotopic (exact) mass is 365 g/mol. The summed E-state index contributed by atoms with van der Waals surface area (Å²) in [6.45, 7) is 5.80. The molecule has 3 amide bonds. The number of amides is 3. The van der Waals surface area contributed by atoms with Crippen LogP contribution in [0.5, 0.6) is 0 Å². The van der Waals surface area contributed by atoms with Gasteiger partial charge in [0.15, 0.2) is 4.34 Å². The van der Waals surface area contributed by atoms with Crippen molar-refractivity contribution in [1.82, 2.24) is 20.8 Å². The lowest BCUT2D eigenvalue weighted by molar-refractivity contribution is -0.119. The van der Waals surface area contributed by atoms with E-state index in [9.17, 15) is 9.59 Å². The second-order valence-electron chi connectivity index (χ2n) is 5.07. The number of rotatable bonds is 5. The average Bonchev–Trinajstić information content (AvgIpc) is 2.98. The molecular formula is C15H19N5O2S2. The van der Waals surface area contributed by atoms with E-state index in [1.807, 2.05) is 19.1 Å². The highest BCUT2D eigenvalue weighted by Crippen LogP contribution is 2.31. The molecule has 0 spiro atoms. The van der Waals surface area contributed by atoms with Crippen LogP contribution >= 0.6 is 23.1 Å². The first-order valence-corrected chi connectivity index (χ1v) is 8.96. The van der Waals surface area contributed by atoms with E-state index in [2.05, 4.69) is 39.1 Å². The number of carbonyl (C=O) groups excluding carboxylic acids is 2. The number of aryl methyl sites for hydroxylation is 1. The van der Waals surface area contributed by atoms with E-state index in [1.54, 1.807) is 6.92 Å². The maximum absolute atomic E-state index is 11.8. The lowest BCUT2D eigenvalue weighted by atomic mass is 10.1. The van der Waals surface area contributed by atoms with Gasteiger partial charge in [0.05, 0.1) is 5.25 Å². The summed E-state index contributed by atoms with van der Waals surface area (Å²) >= 11 is 2.62. The summed E-state index contributed by atoms with van der Waals surface area (Å²) in [6.07, 6.45) is 0. The Balaban J connectivity index is 1.99. The minimum absolute atomic E-state index is 0.376. The third kappa shape index (κ3) is 4.68. The van der Waals surface area contributed by atoms with Gasteiger partial charge in [0, 0.05) is 12.7 Å². The Kier molecular flexibility index (Phi) is 6.16. The Morgan fingerprint density at radius 1 is 1.25 bits per heavy atom. The predicted octanol–water partition coefficient (Wildman–Crippen LogP) is 2.83. The van der Waals surface area contributed by atoms with Gasteiger partial charge in [0.2, 0.25) is 11.0 Å². The molecule has 3 N–H and O–H groups in total. The summed E-state index contributed by atoms with van der Waals surface area (Å²) < 4.78 is 0.655. The molecule has 0 saturated heterocycles. The molecule has 128 valence electrons. The van der Waals surface area contributed by atoms with Crippen molar-refractivity contribution in [3.8, 4) is 0 Å². The molecule has 1 atom stereocenters. The van der Waals surface area contributed by atoms with Crippen LogP contribution in [0.4, 0.5) is 15.6 Å². The number of aromatic nitrogens is 2. The van der Waals surface area contributed by atoms with E-state index in [-0.39, 0.29) is 5.91 Å². The van der Waals surface area contributed by atoms with Crippen molar-refractivity contribution in [2.24, 2.45) is 0 Å². The van der Waals surface area contributed by atoms with Gasteiger partial charge in [-0.15, -0.1) is 10.2 Å². The summed E-state index contributed by atoms with van der Waals surface area (Å²) in [5.74, 6) is -0.376. The molecule has 0 unspecified atom stereocenters. The molecule has 2 aromatic rings. The van der Waals surface area contributed by atoms with Crippen LogP contribution in [0.25, 0.3) is 0 Å². The maximum Gasteiger partial charge on any atom is 0.321 e. The van der Waals surface area contributed by atoms with Crippen LogP contribution in [0.2, 0.25) is 0 Å². The van der Waals surface area contributed by atoms with Crippen molar-refractivity contribution in [3.05, 3.63) is 29.3 Å². The third-order valence-electron chi connectivity index (χ3n) is 3.36. The molecule has 0 bridgehead atoms. The van der Waals surface area contributed by atoms with Crippen molar-refractivity contribution < 1.29 is 9.59 Å². The van der Waals surface area contributed by atoms with Crippen LogP contribution in [0.1, 0.15) is 18.1 Å². The fraction of sp³-hybridized carbons (Fsp3) is 0.333. The van der Waals surface area contributed by atoms with Crippen LogP contribution in [0, 0.1) is 13.8 Å². The molecule has 0 aliphatic heterocycles. The topological polar surface area (TPSA) is 96.0 Å². The number of urea groups is 1. The van der Waals surface area contributed by atoms with Gasteiger partial charge in [-0.05, 0) is 38.0 Å². The zero-order valence-corrected chi connectivity index (χ0v) is 15.5. The lowest BCUT2D eigenvalue weighted by Gasteiger charge is -2.09. The predicted molar refractivity (Wildman–Crippen MR) is 97.0 cm³/mol. The Labute approximate surface area is 148 Å². The summed E-state index contributed by atoms with van der Waals surface area (Å²) in [7, 11) is 1.45. The Hall–Kier alpha value is -2.13. The quantitative estimate of drug-likeness (QED) is 0.705. The highest BCUT2D eigenvalue weighted by Gasteiger charge is 2.19. The number of imide groups is 1. The first kappa shape index (κ1) is 18.2. The van der Waals surface area contributed by atoms with Gasteiger partial charge >= 0.3 is 6.03 Å². The number of hydrogen-bond acceptors (Lipinski definition) is 7. The Morgan fingerprint density at radius 2 is 2.00 bits per heavy atom. The SMILES string of the molecule is CNC(=O)NC(=O)[C@@H](C)Sc1nnc(Nc2cccc(C)c2C)s1. The van der Waals surface area contributed by atoms with Crippen molar-refractivity contribution in [3.63, 3.8) is 0 Å². The molecule has 1 aromatic heterocycles. The summed E-state index contributed by atoms with van der Waals surface area (Å²) in [6, 6.07) is 5.49. The van der Waals surface area contributed by atoms with Crippen LogP contribution in [0.15, 0.2) is 22.5 Å². The van der Waals surface area contributed by atoms with Crippen molar-refractivity contribution in [1.29, 1.82) is 0 Å². The molecule has 2 rings (SSSR count). The standard InChI is InChI=1S/C15H19N5O2S2/c1-8-6-5-7-11(9(8)2)17-14-19-20-15(24-14)23-10(3)12(21)18-13(22)16-4/h5-7,10H,1-4H3,(H,17,19)(H2,16,18,21,22)/t10-/m1/s1. The number of thioether (sulfide) groups is 1. The molecular weight excluding hydrogens is 346 g/mol. The van der Waals surface area contributed by atoms with Gasteiger partial charge in [0.25, 0.3) is 0 Å². The first-order valence-electron chi connectivity index (χ1n) is 7.26. The van der Waals surface area contributed by atoms with Gasteiger partial charge < -0.3 is 10.6 Å². The number of benzene rings is 1. The average molecular weight is 365 g/mol. The molecule has 1 heterocycles. The van der Waals surface area contributed by atoms with Gasteiger partial charge in [-0.2, -0.15) is 0 Å². The number of carbonyl (C=O) groups is 2. The summed E-state index contributed by atoms with van der Waals surface area (Å²) in [4.78, 5) is 23.0. The van der Waals surface area contributed by atoms with Gasteiger partial charge in [-0.3, -0.25) is 10.1 Å². The van der Waals surface area contributed by atoms with E-state index < -0.39 is 11.3 Å². The fourth-order valence-electron chi connectivity index (χ4n) is 1.79. The van der Waals surface area contributed by atoms with Crippen LogP contribution in [-0.2, 0) is 4.79 Å². The number of hydrogen-bond donors (Lipinski definition) is 3. The van der Waals surface area contributed by atoms with E-state index in [4.69, 9.17) is 0 Å². The third-order valence-corrected chi connectivity index (χ3v) is 5.39.